The minimum absolute atomic E-state index is 0.303. The van der Waals surface area contributed by atoms with Gasteiger partial charge in [0.15, 0.2) is 0 Å². The average Bonchev–Trinajstić information content (AvgIpc) is 2.59. The highest BCUT2D eigenvalue weighted by molar-refractivity contribution is 6.48. The van der Waals surface area contributed by atoms with Gasteiger partial charge in [0.2, 0.25) is 0 Å². The summed E-state index contributed by atoms with van der Waals surface area (Å²) in [6.07, 6.45) is 3.61. The second-order valence-electron chi connectivity index (χ2n) is 4.15. The van der Waals surface area contributed by atoms with Crippen LogP contribution in [-0.4, -0.2) is 42.9 Å². The van der Waals surface area contributed by atoms with Crippen molar-refractivity contribution >= 4 is 46.4 Å². The van der Waals surface area contributed by atoms with E-state index in [1.54, 1.807) is 12.2 Å². The predicted molar refractivity (Wildman–Crippen MR) is 62.3 cm³/mol. The number of hydrogen-bond donors (Lipinski definition) is 2. The van der Waals surface area contributed by atoms with Crippen molar-refractivity contribution in [1.29, 1.82) is 0 Å². The van der Waals surface area contributed by atoms with E-state index < -0.39 is 32.7 Å². The van der Waals surface area contributed by atoms with E-state index in [4.69, 9.17) is 46.4 Å². The van der Waals surface area contributed by atoms with Crippen molar-refractivity contribution in [3.63, 3.8) is 0 Å². The van der Waals surface area contributed by atoms with Gasteiger partial charge in [0, 0.05) is 0 Å². The Labute approximate surface area is 108 Å². The van der Waals surface area contributed by atoms with Gasteiger partial charge < -0.3 is 10.2 Å². The summed E-state index contributed by atoms with van der Waals surface area (Å²) in [7, 11) is 0. The summed E-state index contributed by atoms with van der Waals surface area (Å²) in [5.41, 5.74) is 0. The van der Waals surface area contributed by atoms with E-state index >= 15 is 0 Å². The first-order chi connectivity index (χ1) is 6.79. The quantitative estimate of drug-likeness (QED) is 0.602. The fourth-order valence-electron chi connectivity index (χ4n) is 2.47. The third-order valence-corrected chi connectivity index (χ3v) is 6.52. The van der Waals surface area contributed by atoms with Crippen LogP contribution in [0.4, 0.5) is 0 Å². The minimum atomic E-state index is -1.35. The Morgan fingerprint density at radius 1 is 0.867 bits per heavy atom. The van der Waals surface area contributed by atoms with E-state index in [1.807, 2.05) is 0 Å². The van der Waals surface area contributed by atoms with E-state index in [0.29, 0.717) is 6.42 Å². The molecule has 2 aliphatic carbocycles. The Morgan fingerprint density at radius 3 is 1.47 bits per heavy atom. The van der Waals surface area contributed by atoms with Gasteiger partial charge in [0.05, 0.1) is 23.0 Å². The lowest BCUT2D eigenvalue weighted by molar-refractivity contribution is 0.156. The number of alkyl halides is 4. The molecule has 2 bridgehead atoms. The molecule has 0 amide bonds. The molecule has 0 aromatic carbocycles. The Balaban J connectivity index is 2.61. The molecule has 2 nitrogen and oxygen atoms in total. The normalized spacial score (nSPS) is 57.7. The molecule has 0 saturated heterocycles. The Kier molecular flexibility index (Phi) is 2.61. The molecule has 0 aromatic heterocycles. The molecule has 0 heterocycles. The van der Waals surface area contributed by atoms with E-state index in [0.717, 1.165) is 0 Å². The van der Waals surface area contributed by atoms with Gasteiger partial charge in [-0.25, -0.2) is 0 Å². The number of aliphatic hydroxyl groups excluding tert-OH is 2. The molecule has 1 saturated carbocycles. The van der Waals surface area contributed by atoms with Gasteiger partial charge in [0.25, 0.3) is 0 Å². The fourth-order valence-corrected chi connectivity index (χ4v) is 4.34. The van der Waals surface area contributed by atoms with Gasteiger partial charge in [-0.05, 0) is 6.42 Å². The Hall–Kier alpha value is 0.820. The highest BCUT2D eigenvalue weighted by atomic mass is 35.5. The largest absolute Gasteiger partial charge is 0.394 e. The molecule has 0 aliphatic heterocycles. The molecular weight excluding hydrogens is 282 g/mol. The number of halogens is 4. The van der Waals surface area contributed by atoms with E-state index in [2.05, 4.69) is 0 Å². The van der Waals surface area contributed by atoms with Crippen LogP contribution in [0.25, 0.3) is 0 Å². The Morgan fingerprint density at radius 2 is 1.20 bits per heavy atom. The van der Waals surface area contributed by atoms with Crippen molar-refractivity contribution in [3.8, 4) is 0 Å². The van der Waals surface area contributed by atoms with Gasteiger partial charge in [-0.2, -0.15) is 0 Å². The van der Waals surface area contributed by atoms with E-state index in [-0.39, 0.29) is 0 Å². The lowest BCUT2D eigenvalue weighted by atomic mass is 9.81. The SMILES string of the molecule is OCC1(Cl)C2(Cl)C=CC(Cl)(C2)C1(Cl)CO. The first kappa shape index (κ1) is 12.3. The number of aliphatic hydroxyl groups is 2. The Bertz CT molecular complexity index is 306. The first-order valence-electron chi connectivity index (χ1n) is 4.46. The van der Waals surface area contributed by atoms with Crippen molar-refractivity contribution in [3.05, 3.63) is 12.2 Å². The number of hydrogen-bond acceptors (Lipinski definition) is 2. The summed E-state index contributed by atoms with van der Waals surface area (Å²) in [4.78, 5) is -4.71. The van der Waals surface area contributed by atoms with Gasteiger partial charge in [-0.3, -0.25) is 0 Å². The zero-order chi connectivity index (χ0) is 11.5. The standard InChI is InChI=1S/C9H10Cl4O2/c10-6-1-2-7(11,3-6)9(13,5-15)8(6,12)4-14/h1-2,14-15H,3-5H2. The van der Waals surface area contributed by atoms with Crippen LogP contribution in [0.3, 0.4) is 0 Å². The topological polar surface area (TPSA) is 40.5 Å². The van der Waals surface area contributed by atoms with Crippen molar-refractivity contribution in [2.24, 2.45) is 0 Å². The maximum Gasteiger partial charge on any atom is 0.114 e. The molecule has 4 atom stereocenters. The second-order valence-corrected chi connectivity index (χ2v) is 6.79. The third kappa shape index (κ3) is 1.11. The molecule has 2 N–H and O–H groups in total. The summed E-state index contributed by atoms with van der Waals surface area (Å²) in [5.74, 6) is 0. The summed E-state index contributed by atoms with van der Waals surface area (Å²) < 4.78 is 0. The molecule has 0 radical (unpaired) electrons. The van der Waals surface area contributed by atoms with Crippen molar-refractivity contribution < 1.29 is 10.2 Å². The molecule has 1 fully saturated rings. The van der Waals surface area contributed by atoms with Crippen LogP contribution in [0.15, 0.2) is 12.2 Å². The summed E-state index contributed by atoms with van der Waals surface area (Å²) in [6, 6.07) is 0. The first-order valence-corrected chi connectivity index (χ1v) is 5.98. The molecule has 0 spiro atoms. The van der Waals surface area contributed by atoms with Crippen LogP contribution in [0, 0.1) is 0 Å². The lowest BCUT2D eigenvalue weighted by Gasteiger charge is -2.46. The van der Waals surface area contributed by atoms with Gasteiger partial charge in [-0.15, -0.1) is 46.4 Å². The maximum absolute atomic E-state index is 9.39. The number of fused-ring (bicyclic) bond motifs is 2. The second kappa shape index (κ2) is 3.18. The zero-order valence-electron chi connectivity index (χ0n) is 7.68. The summed E-state index contributed by atoms with van der Waals surface area (Å²) >= 11 is 25.2. The lowest BCUT2D eigenvalue weighted by Crippen LogP contribution is -2.62. The van der Waals surface area contributed by atoms with Crippen molar-refractivity contribution in [2.75, 3.05) is 13.2 Å². The average molecular weight is 292 g/mol. The molecule has 15 heavy (non-hydrogen) atoms. The minimum Gasteiger partial charge on any atom is -0.394 e. The van der Waals surface area contributed by atoms with Gasteiger partial charge in [-0.1, -0.05) is 12.2 Å². The van der Waals surface area contributed by atoms with Crippen LogP contribution < -0.4 is 0 Å². The number of allylic oxidation sites excluding steroid dienone is 2. The molecule has 0 aromatic rings. The van der Waals surface area contributed by atoms with Crippen molar-refractivity contribution in [1.82, 2.24) is 0 Å². The maximum atomic E-state index is 9.39. The summed E-state index contributed by atoms with van der Waals surface area (Å²) in [5, 5.41) is 18.8. The third-order valence-electron chi connectivity index (χ3n) is 3.51. The molecule has 2 aliphatic rings. The highest BCUT2D eigenvalue weighted by Gasteiger charge is 2.77. The van der Waals surface area contributed by atoms with E-state index in [1.165, 1.54) is 0 Å². The van der Waals surface area contributed by atoms with Crippen LogP contribution >= 0.6 is 46.4 Å². The summed E-state index contributed by atoms with van der Waals surface area (Å²) in [6.45, 7) is -0.887. The van der Waals surface area contributed by atoms with Gasteiger partial charge in [0.1, 0.15) is 9.75 Å². The predicted octanol–water partition coefficient (Wildman–Crippen LogP) is 1.85. The molecule has 2 rings (SSSR count). The fraction of sp³-hybridized carbons (Fsp3) is 0.778. The molecular formula is C9H10Cl4O2. The van der Waals surface area contributed by atoms with Gasteiger partial charge >= 0.3 is 0 Å². The van der Waals surface area contributed by atoms with Crippen LogP contribution in [0.5, 0.6) is 0 Å². The van der Waals surface area contributed by atoms with Crippen LogP contribution in [-0.2, 0) is 0 Å². The zero-order valence-corrected chi connectivity index (χ0v) is 10.7. The monoisotopic (exact) mass is 290 g/mol. The number of rotatable bonds is 2. The van der Waals surface area contributed by atoms with E-state index in [9.17, 15) is 10.2 Å². The molecule has 6 heteroatoms. The smallest absolute Gasteiger partial charge is 0.114 e. The van der Waals surface area contributed by atoms with Crippen LogP contribution in [0.1, 0.15) is 6.42 Å². The molecule has 86 valence electrons. The highest BCUT2D eigenvalue weighted by Crippen LogP contribution is 2.68. The van der Waals surface area contributed by atoms with Crippen molar-refractivity contribution in [2.45, 2.75) is 25.9 Å². The van der Waals surface area contributed by atoms with Crippen LogP contribution in [0.2, 0.25) is 0 Å². The molecule has 4 unspecified atom stereocenters.